The van der Waals surface area contributed by atoms with Gasteiger partial charge in [0.1, 0.15) is 0 Å². The topological polar surface area (TPSA) is 20.1 Å². The Morgan fingerprint density at radius 2 is 2.13 bits per heavy atom. The standard InChI is InChI=1S/C13H17NO/c1-10(2)12-5-3-4-11(8-12)9-13(15)14-6-7-14/h3-5,8,10H,6-7,9H2,1-2H3. The summed E-state index contributed by atoms with van der Waals surface area (Å²) in [6, 6.07) is 8.34. The summed E-state index contributed by atoms with van der Waals surface area (Å²) in [4.78, 5) is 13.5. The molecule has 1 aromatic carbocycles. The number of rotatable bonds is 3. The first-order chi connectivity index (χ1) is 7.16. The maximum atomic E-state index is 11.6. The van der Waals surface area contributed by atoms with Crippen molar-refractivity contribution in [3.63, 3.8) is 0 Å². The summed E-state index contributed by atoms with van der Waals surface area (Å²) >= 11 is 0. The molecule has 0 bridgehead atoms. The van der Waals surface area contributed by atoms with Gasteiger partial charge in [0.25, 0.3) is 0 Å². The molecule has 80 valence electrons. The largest absolute Gasteiger partial charge is 0.339 e. The van der Waals surface area contributed by atoms with Crippen LogP contribution < -0.4 is 0 Å². The van der Waals surface area contributed by atoms with Gasteiger partial charge in [-0.15, -0.1) is 0 Å². The molecule has 1 aliphatic rings. The maximum Gasteiger partial charge on any atom is 0.227 e. The first-order valence-corrected chi connectivity index (χ1v) is 5.53. The average molecular weight is 203 g/mol. The fourth-order valence-corrected chi connectivity index (χ4v) is 1.65. The Hall–Kier alpha value is -1.31. The van der Waals surface area contributed by atoms with Crippen molar-refractivity contribution in [3.05, 3.63) is 35.4 Å². The van der Waals surface area contributed by atoms with Crippen molar-refractivity contribution in [1.82, 2.24) is 4.90 Å². The van der Waals surface area contributed by atoms with Gasteiger partial charge < -0.3 is 4.90 Å². The van der Waals surface area contributed by atoms with Crippen molar-refractivity contribution in [2.75, 3.05) is 13.1 Å². The normalized spacial score (nSPS) is 14.5. The molecule has 0 unspecified atom stereocenters. The smallest absolute Gasteiger partial charge is 0.227 e. The number of carbonyl (C=O) groups excluding carboxylic acids is 1. The first kappa shape index (κ1) is 10.2. The Bertz CT molecular complexity index is 367. The zero-order chi connectivity index (χ0) is 10.8. The Balaban J connectivity index is 2.07. The van der Waals surface area contributed by atoms with E-state index in [4.69, 9.17) is 0 Å². The summed E-state index contributed by atoms with van der Waals surface area (Å²) in [7, 11) is 0. The van der Waals surface area contributed by atoms with E-state index in [2.05, 4.69) is 26.0 Å². The third-order valence-corrected chi connectivity index (χ3v) is 2.77. The Labute approximate surface area is 90.9 Å². The van der Waals surface area contributed by atoms with Crippen LogP contribution in [0.15, 0.2) is 24.3 Å². The maximum absolute atomic E-state index is 11.6. The fourth-order valence-electron chi connectivity index (χ4n) is 1.65. The van der Waals surface area contributed by atoms with Gasteiger partial charge in [-0.05, 0) is 17.0 Å². The highest BCUT2D eigenvalue weighted by Gasteiger charge is 2.23. The van der Waals surface area contributed by atoms with E-state index >= 15 is 0 Å². The molecule has 1 aliphatic heterocycles. The van der Waals surface area contributed by atoms with Crippen LogP contribution >= 0.6 is 0 Å². The van der Waals surface area contributed by atoms with Gasteiger partial charge in [0, 0.05) is 13.1 Å². The second kappa shape index (κ2) is 4.05. The zero-order valence-electron chi connectivity index (χ0n) is 9.36. The zero-order valence-corrected chi connectivity index (χ0v) is 9.36. The molecule has 0 radical (unpaired) electrons. The minimum absolute atomic E-state index is 0.260. The van der Waals surface area contributed by atoms with Gasteiger partial charge in [0.15, 0.2) is 0 Å². The van der Waals surface area contributed by atoms with Gasteiger partial charge in [-0.2, -0.15) is 0 Å². The molecular weight excluding hydrogens is 186 g/mol. The second-order valence-electron chi connectivity index (χ2n) is 4.46. The lowest BCUT2D eigenvalue weighted by Gasteiger charge is -2.07. The summed E-state index contributed by atoms with van der Waals surface area (Å²) in [5, 5.41) is 0. The summed E-state index contributed by atoms with van der Waals surface area (Å²) in [6.07, 6.45) is 0.556. The molecule has 15 heavy (non-hydrogen) atoms. The molecular formula is C13H17NO. The van der Waals surface area contributed by atoms with E-state index in [0.717, 1.165) is 18.7 Å². The highest BCUT2D eigenvalue weighted by atomic mass is 16.2. The number of nitrogens with zero attached hydrogens (tertiary/aromatic N) is 1. The summed E-state index contributed by atoms with van der Waals surface area (Å²) in [5.74, 6) is 0.789. The third kappa shape index (κ3) is 2.58. The molecule has 2 rings (SSSR count). The van der Waals surface area contributed by atoms with Crippen LogP contribution in [-0.4, -0.2) is 23.9 Å². The molecule has 1 amide bonds. The van der Waals surface area contributed by atoms with Crippen molar-refractivity contribution in [2.45, 2.75) is 26.2 Å². The second-order valence-corrected chi connectivity index (χ2v) is 4.46. The fraction of sp³-hybridized carbons (Fsp3) is 0.462. The highest BCUT2D eigenvalue weighted by Crippen LogP contribution is 2.17. The SMILES string of the molecule is CC(C)c1cccc(CC(=O)N2CC2)c1. The highest BCUT2D eigenvalue weighted by molar-refractivity contribution is 5.80. The van der Waals surface area contributed by atoms with E-state index in [9.17, 15) is 4.79 Å². The number of hydrogen-bond donors (Lipinski definition) is 0. The molecule has 0 spiro atoms. The van der Waals surface area contributed by atoms with Gasteiger partial charge >= 0.3 is 0 Å². The van der Waals surface area contributed by atoms with E-state index in [1.807, 2.05) is 17.0 Å². The summed E-state index contributed by atoms with van der Waals surface area (Å²) in [5.41, 5.74) is 2.45. The molecule has 1 saturated heterocycles. The van der Waals surface area contributed by atoms with Crippen LogP contribution in [0.2, 0.25) is 0 Å². The predicted molar refractivity (Wildman–Crippen MR) is 60.8 cm³/mol. The van der Waals surface area contributed by atoms with Gasteiger partial charge in [-0.3, -0.25) is 4.79 Å². The number of carbonyl (C=O) groups is 1. The van der Waals surface area contributed by atoms with Crippen LogP contribution in [-0.2, 0) is 11.2 Å². The third-order valence-electron chi connectivity index (χ3n) is 2.77. The average Bonchev–Trinajstić information content (AvgIpc) is 3.01. The lowest BCUT2D eigenvalue weighted by Crippen LogP contribution is -2.13. The van der Waals surface area contributed by atoms with Crippen LogP contribution in [0.25, 0.3) is 0 Å². The van der Waals surface area contributed by atoms with Gasteiger partial charge in [0.2, 0.25) is 5.91 Å². The molecule has 0 aromatic heterocycles. The lowest BCUT2D eigenvalue weighted by molar-refractivity contribution is -0.125. The molecule has 0 N–H and O–H groups in total. The molecule has 0 saturated carbocycles. The predicted octanol–water partition coefficient (Wildman–Crippen LogP) is 2.19. The minimum atomic E-state index is 0.260. The molecule has 2 nitrogen and oxygen atoms in total. The van der Waals surface area contributed by atoms with Gasteiger partial charge in [-0.25, -0.2) is 0 Å². The molecule has 1 aromatic rings. The van der Waals surface area contributed by atoms with Crippen LogP contribution in [0.3, 0.4) is 0 Å². The van der Waals surface area contributed by atoms with Crippen molar-refractivity contribution in [1.29, 1.82) is 0 Å². The van der Waals surface area contributed by atoms with Crippen LogP contribution in [0.5, 0.6) is 0 Å². The van der Waals surface area contributed by atoms with E-state index in [0.29, 0.717) is 12.3 Å². The minimum Gasteiger partial charge on any atom is -0.339 e. The van der Waals surface area contributed by atoms with Crippen molar-refractivity contribution in [2.24, 2.45) is 0 Å². The van der Waals surface area contributed by atoms with E-state index in [1.54, 1.807) is 0 Å². The number of amides is 1. The molecule has 0 atom stereocenters. The lowest BCUT2D eigenvalue weighted by atomic mass is 10.00. The van der Waals surface area contributed by atoms with Crippen molar-refractivity contribution >= 4 is 5.91 Å². The van der Waals surface area contributed by atoms with Crippen LogP contribution in [0, 0.1) is 0 Å². The van der Waals surface area contributed by atoms with E-state index in [1.165, 1.54) is 5.56 Å². The first-order valence-electron chi connectivity index (χ1n) is 5.53. The number of benzene rings is 1. The molecule has 1 heterocycles. The van der Waals surface area contributed by atoms with E-state index in [-0.39, 0.29) is 5.91 Å². The Morgan fingerprint density at radius 1 is 1.40 bits per heavy atom. The van der Waals surface area contributed by atoms with Crippen LogP contribution in [0.1, 0.15) is 30.9 Å². The molecule has 2 heteroatoms. The van der Waals surface area contributed by atoms with Crippen molar-refractivity contribution in [3.8, 4) is 0 Å². The number of hydrogen-bond acceptors (Lipinski definition) is 1. The monoisotopic (exact) mass is 203 g/mol. The van der Waals surface area contributed by atoms with Gasteiger partial charge in [-0.1, -0.05) is 38.1 Å². The quantitative estimate of drug-likeness (QED) is 0.689. The Morgan fingerprint density at radius 3 is 2.73 bits per heavy atom. The summed E-state index contributed by atoms with van der Waals surface area (Å²) in [6.45, 7) is 6.24. The van der Waals surface area contributed by atoms with Crippen LogP contribution in [0.4, 0.5) is 0 Å². The molecule has 1 fully saturated rings. The van der Waals surface area contributed by atoms with Gasteiger partial charge in [0.05, 0.1) is 6.42 Å². The Kier molecular flexibility index (Phi) is 2.76. The molecule has 0 aliphatic carbocycles. The van der Waals surface area contributed by atoms with Crippen molar-refractivity contribution < 1.29 is 4.79 Å². The summed E-state index contributed by atoms with van der Waals surface area (Å²) < 4.78 is 0. The van der Waals surface area contributed by atoms with E-state index < -0.39 is 0 Å².